The summed E-state index contributed by atoms with van der Waals surface area (Å²) in [7, 11) is 1.80. The number of likely N-dealkylation sites (N-methyl/N-ethyl adjacent to an activating group) is 1. The van der Waals surface area contributed by atoms with Gasteiger partial charge in [0.15, 0.2) is 6.23 Å². The minimum absolute atomic E-state index is 0.00624. The molecule has 3 aliphatic heterocycles. The summed E-state index contributed by atoms with van der Waals surface area (Å²) in [5.74, 6) is 0. The van der Waals surface area contributed by atoms with Crippen LogP contribution in [0.5, 0.6) is 0 Å². The second-order valence-corrected chi connectivity index (χ2v) is 9.70. The van der Waals surface area contributed by atoms with Gasteiger partial charge in [-0.1, -0.05) is 18.2 Å². The van der Waals surface area contributed by atoms with E-state index in [-0.39, 0.29) is 11.5 Å². The van der Waals surface area contributed by atoms with Gasteiger partial charge in [0.05, 0.1) is 5.70 Å². The van der Waals surface area contributed by atoms with Gasteiger partial charge in [0.25, 0.3) is 0 Å². The lowest BCUT2D eigenvalue weighted by atomic mass is 9.86. The van der Waals surface area contributed by atoms with Crippen LogP contribution in [0, 0.1) is 16.7 Å². The van der Waals surface area contributed by atoms with E-state index >= 15 is 0 Å². The van der Waals surface area contributed by atoms with Crippen molar-refractivity contribution in [3.63, 3.8) is 0 Å². The van der Waals surface area contributed by atoms with E-state index in [9.17, 15) is 15.2 Å². The lowest BCUT2D eigenvalue weighted by Crippen LogP contribution is -2.40. The van der Waals surface area contributed by atoms with Crippen LogP contribution >= 0.6 is 0 Å². The molecule has 4 rings (SSSR count). The van der Waals surface area contributed by atoms with Crippen molar-refractivity contribution >= 4 is 17.5 Å². The number of para-hydroxylation sites is 1. The molecule has 2 unspecified atom stereocenters. The van der Waals surface area contributed by atoms with Gasteiger partial charge in [-0.3, -0.25) is 0 Å². The topological polar surface area (TPSA) is 80.0 Å². The fourth-order valence-electron chi connectivity index (χ4n) is 4.90. The van der Waals surface area contributed by atoms with Crippen LogP contribution in [0.3, 0.4) is 0 Å². The number of likely N-dealkylation sites (tertiary alicyclic amines) is 2. The Hall–Kier alpha value is -2.72. The maximum atomic E-state index is 12.5. The normalized spacial score (nSPS) is 26.3. The van der Waals surface area contributed by atoms with Crippen molar-refractivity contribution in [2.24, 2.45) is 5.41 Å². The van der Waals surface area contributed by atoms with Crippen LogP contribution in [-0.4, -0.2) is 66.1 Å². The second-order valence-electron chi connectivity index (χ2n) is 9.70. The number of ether oxygens (including phenoxy) is 1. The Labute approximate surface area is 178 Å². The molecule has 1 amide bonds. The van der Waals surface area contributed by atoms with Gasteiger partial charge in [-0.2, -0.15) is 5.26 Å². The molecule has 0 saturated carbocycles. The van der Waals surface area contributed by atoms with Crippen LogP contribution in [0.15, 0.2) is 29.8 Å². The monoisotopic (exact) mass is 410 g/mol. The summed E-state index contributed by atoms with van der Waals surface area (Å²) in [4.78, 5) is 18.3. The van der Waals surface area contributed by atoms with E-state index in [1.165, 1.54) is 0 Å². The van der Waals surface area contributed by atoms with Crippen molar-refractivity contribution in [2.75, 3.05) is 38.1 Å². The average Bonchev–Trinajstić information content (AvgIpc) is 3.30. The molecule has 0 aromatic heterocycles. The highest BCUT2D eigenvalue weighted by Gasteiger charge is 2.47. The van der Waals surface area contributed by atoms with Crippen LogP contribution in [0.1, 0.15) is 39.2 Å². The third kappa shape index (κ3) is 3.50. The number of hydrogen-bond acceptors (Lipinski definition) is 6. The third-order valence-corrected chi connectivity index (χ3v) is 6.38. The minimum atomic E-state index is -0.960. The molecule has 2 fully saturated rings. The Bertz CT molecular complexity index is 929. The smallest absolute Gasteiger partial charge is 0.410 e. The van der Waals surface area contributed by atoms with Gasteiger partial charge in [-0.05, 0) is 39.7 Å². The van der Waals surface area contributed by atoms with E-state index in [4.69, 9.17) is 4.74 Å². The van der Waals surface area contributed by atoms with Crippen LogP contribution in [-0.2, 0) is 4.74 Å². The van der Waals surface area contributed by atoms with E-state index in [1.807, 2.05) is 49.9 Å². The maximum absolute atomic E-state index is 12.5. The molecular formula is C23H30N4O3. The number of nitriles is 1. The van der Waals surface area contributed by atoms with Crippen molar-refractivity contribution in [3.05, 3.63) is 35.4 Å². The Morgan fingerprint density at radius 1 is 1.23 bits per heavy atom. The standard InChI is InChI=1S/C23H30N4O3/c1-22(2,3)30-21(29)27-12-10-23(15-27)9-11-26(14-23)19-16-7-5-6-8-18(16)25(4)20(28)17(19)13-24/h5-8,20,28H,9-12,14-15H2,1-4H3. The number of benzene rings is 1. The van der Waals surface area contributed by atoms with Gasteiger partial charge in [-0.15, -0.1) is 0 Å². The van der Waals surface area contributed by atoms with Gasteiger partial charge < -0.3 is 24.5 Å². The highest BCUT2D eigenvalue weighted by atomic mass is 16.6. The molecule has 2 atom stereocenters. The largest absolute Gasteiger partial charge is 0.444 e. The van der Waals surface area contributed by atoms with Crippen molar-refractivity contribution < 1.29 is 14.6 Å². The zero-order valence-corrected chi connectivity index (χ0v) is 18.2. The van der Waals surface area contributed by atoms with Gasteiger partial charge in [0.2, 0.25) is 0 Å². The molecule has 1 aromatic rings. The van der Waals surface area contributed by atoms with Gasteiger partial charge >= 0.3 is 6.09 Å². The van der Waals surface area contributed by atoms with Crippen molar-refractivity contribution in [2.45, 2.75) is 45.4 Å². The van der Waals surface area contributed by atoms with Crippen molar-refractivity contribution in [1.29, 1.82) is 5.26 Å². The summed E-state index contributed by atoms with van der Waals surface area (Å²) >= 11 is 0. The number of anilines is 1. The van der Waals surface area contributed by atoms with Crippen LogP contribution in [0.2, 0.25) is 0 Å². The van der Waals surface area contributed by atoms with Gasteiger partial charge in [0, 0.05) is 49.9 Å². The Morgan fingerprint density at radius 3 is 2.63 bits per heavy atom. The number of carbonyl (C=O) groups is 1. The zero-order valence-electron chi connectivity index (χ0n) is 18.2. The fraction of sp³-hybridized carbons (Fsp3) is 0.565. The zero-order chi connectivity index (χ0) is 21.7. The van der Waals surface area contributed by atoms with Gasteiger partial charge in [0.1, 0.15) is 17.2 Å². The van der Waals surface area contributed by atoms with E-state index in [1.54, 1.807) is 11.9 Å². The molecule has 1 spiro atoms. The molecule has 1 aromatic carbocycles. The Kier molecular flexibility index (Phi) is 4.94. The minimum Gasteiger partial charge on any atom is -0.444 e. The number of aliphatic hydroxyl groups excluding tert-OH is 1. The maximum Gasteiger partial charge on any atom is 0.410 e. The summed E-state index contributed by atoms with van der Waals surface area (Å²) < 4.78 is 5.56. The highest BCUT2D eigenvalue weighted by Crippen LogP contribution is 2.46. The first kappa shape index (κ1) is 20.5. The van der Waals surface area contributed by atoms with Crippen molar-refractivity contribution in [3.8, 4) is 6.07 Å². The first-order chi connectivity index (χ1) is 14.1. The fourth-order valence-corrected chi connectivity index (χ4v) is 4.90. The lowest BCUT2D eigenvalue weighted by Gasteiger charge is -2.37. The number of rotatable bonds is 1. The quantitative estimate of drug-likeness (QED) is 0.767. The SMILES string of the molecule is CN1c2ccccc2C(N2CCC3(CCN(C(=O)OC(C)(C)C)C3)C2)=C(C#N)C1O. The highest BCUT2D eigenvalue weighted by molar-refractivity contribution is 5.84. The predicted octanol–water partition coefficient (Wildman–Crippen LogP) is 3.02. The number of aliphatic hydroxyl groups is 1. The molecule has 3 heterocycles. The molecule has 30 heavy (non-hydrogen) atoms. The van der Waals surface area contributed by atoms with Gasteiger partial charge in [-0.25, -0.2) is 4.79 Å². The first-order valence-electron chi connectivity index (χ1n) is 10.5. The molecule has 2 saturated heterocycles. The molecule has 7 nitrogen and oxygen atoms in total. The lowest BCUT2D eigenvalue weighted by molar-refractivity contribution is 0.0275. The second kappa shape index (κ2) is 7.21. The van der Waals surface area contributed by atoms with Crippen molar-refractivity contribution in [1.82, 2.24) is 9.80 Å². The number of hydrogen-bond donors (Lipinski definition) is 1. The molecule has 0 aliphatic carbocycles. The van der Waals surface area contributed by atoms with Crippen LogP contribution in [0.4, 0.5) is 10.5 Å². The predicted molar refractivity (Wildman–Crippen MR) is 114 cm³/mol. The number of fused-ring (bicyclic) bond motifs is 1. The number of amides is 1. The van der Waals surface area contributed by atoms with Crippen LogP contribution in [0.25, 0.3) is 5.70 Å². The van der Waals surface area contributed by atoms with Crippen LogP contribution < -0.4 is 4.90 Å². The Balaban J connectivity index is 1.58. The number of nitrogens with zero attached hydrogens (tertiary/aromatic N) is 4. The van der Waals surface area contributed by atoms with E-state index in [0.717, 1.165) is 42.9 Å². The molecule has 0 bridgehead atoms. The molecular weight excluding hydrogens is 380 g/mol. The molecule has 160 valence electrons. The average molecular weight is 411 g/mol. The van der Waals surface area contributed by atoms with E-state index in [2.05, 4.69) is 11.0 Å². The summed E-state index contributed by atoms with van der Waals surface area (Å²) in [6, 6.07) is 10.1. The molecule has 1 N–H and O–H groups in total. The molecule has 0 radical (unpaired) electrons. The summed E-state index contributed by atoms with van der Waals surface area (Å²) in [6.45, 7) is 8.56. The van der Waals surface area contributed by atoms with E-state index in [0.29, 0.717) is 18.7 Å². The molecule has 7 heteroatoms. The summed E-state index contributed by atoms with van der Waals surface area (Å²) in [5.41, 5.74) is 2.59. The molecule has 3 aliphatic rings. The first-order valence-corrected chi connectivity index (χ1v) is 10.5. The number of carbonyl (C=O) groups excluding carboxylic acids is 1. The summed E-state index contributed by atoms with van der Waals surface area (Å²) in [5, 5.41) is 20.6. The Morgan fingerprint density at radius 2 is 1.93 bits per heavy atom. The van der Waals surface area contributed by atoms with E-state index < -0.39 is 11.8 Å². The summed E-state index contributed by atoms with van der Waals surface area (Å²) in [6.07, 6.45) is 0.651. The third-order valence-electron chi connectivity index (χ3n) is 6.38.